The summed E-state index contributed by atoms with van der Waals surface area (Å²) in [5.41, 5.74) is 0. The SMILES string of the molecule is CC(=O)O[C@@H]([C@H](OC(C)=O)[C@@H](OC(C)=O)C(=O)F)[C@@H](CO)OC(C)=O. The molecule has 0 aromatic rings. The van der Waals surface area contributed by atoms with Crippen LogP contribution in [0.1, 0.15) is 27.7 Å². The summed E-state index contributed by atoms with van der Waals surface area (Å²) in [5.74, 6) is -4.03. The Kier molecular flexibility index (Phi) is 9.28. The highest BCUT2D eigenvalue weighted by molar-refractivity contribution is 5.79. The lowest BCUT2D eigenvalue weighted by atomic mass is 10.0. The maximum atomic E-state index is 13.3. The minimum Gasteiger partial charge on any atom is -0.456 e. The number of ether oxygens (including phenoxy) is 4. The van der Waals surface area contributed by atoms with Crippen LogP contribution in [0.3, 0.4) is 0 Å². The van der Waals surface area contributed by atoms with Crippen molar-refractivity contribution in [1.29, 1.82) is 0 Å². The largest absolute Gasteiger partial charge is 0.456 e. The average molecular weight is 366 g/mol. The molecule has 0 saturated carbocycles. The van der Waals surface area contributed by atoms with Crippen LogP contribution >= 0.6 is 0 Å². The standard InChI is InChI=1S/C14H19FO10/c1-6(17)22-10(5-16)11(23-7(2)18)12(24-8(3)19)13(14(15)21)25-9(4)20/h10-13,16H,5H2,1-4H3/t10-,11-,12+,13-/m1/s1. The molecule has 142 valence electrons. The van der Waals surface area contributed by atoms with Gasteiger partial charge in [0.2, 0.25) is 6.10 Å². The van der Waals surface area contributed by atoms with E-state index in [-0.39, 0.29) is 0 Å². The van der Waals surface area contributed by atoms with E-state index in [0.717, 1.165) is 27.7 Å². The number of aliphatic hydroxyl groups excluding tert-OH is 1. The summed E-state index contributed by atoms with van der Waals surface area (Å²) in [6.07, 6.45) is -7.74. The number of hydrogen-bond acceptors (Lipinski definition) is 10. The Balaban J connectivity index is 5.98. The predicted octanol–water partition coefficient (Wildman–Crippen LogP) is -0.798. The summed E-state index contributed by atoms with van der Waals surface area (Å²) in [5, 5.41) is 9.35. The third kappa shape index (κ3) is 8.20. The summed E-state index contributed by atoms with van der Waals surface area (Å²) in [4.78, 5) is 56.0. The van der Waals surface area contributed by atoms with Crippen molar-refractivity contribution in [3.05, 3.63) is 0 Å². The quantitative estimate of drug-likeness (QED) is 0.313. The van der Waals surface area contributed by atoms with Gasteiger partial charge in [0.05, 0.1) is 6.61 Å². The smallest absolute Gasteiger partial charge is 0.345 e. The molecule has 0 unspecified atom stereocenters. The normalized spacial score (nSPS) is 15.1. The molecule has 1 N–H and O–H groups in total. The van der Waals surface area contributed by atoms with Crippen LogP contribution in [0.5, 0.6) is 0 Å². The Morgan fingerprint density at radius 3 is 1.48 bits per heavy atom. The first-order valence-electron chi connectivity index (χ1n) is 6.98. The van der Waals surface area contributed by atoms with Crippen LogP contribution in [-0.2, 0) is 42.9 Å². The lowest BCUT2D eigenvalue weighted by Crippen LogP contribution is -2.54. The average Bonchev–Trinajstić information content (AvgIpc) is 2.45. The first-order chi connectivity index (χ1) is 11.5. The predicted molar refractivity (Wildman–Crippen MR) is 75.4 cm³/mol. The number of aliphatic hydroxyl groups is 1. The minimum atomic E-state index is -2.30. The van der Waals surface area contributed by atoms with Gasteiger partial charge >= 0.3 is 29.9 Å². The number of halogens is 1. The molecule has 0 aliphatic rings. The highest BCUT2D eigenvalue weighted by Crippen LogP contribution is 2.20. The van der Waals surface area contributed by atoms with Gasteiger partial charge in [0.15, 0.2) is 18.3 Å². The third-order valence-electron chi connectivity index (χ3n) is 2.61. The van der Waals surface area contributed by atoms with Crippen molar-refractivity contribution in [3.8, 4) is 0 Å². The molecular formula is C14H19FO10. The summed E-state index contributed by atoms with van der Waals surface area (Å²) < 4.78 is 32.1. The van der Waals surface area contributed by atoms with E-state index < -0.39 is 60.9 Å². The van der Waals surface area contributed by atoms with Gasteiger partial charge in [-0.3, -0.25) is 24.0 Å². The summed E-state index contributed by atoms with van der Waals surface area (Å²) in [6.45, 7) is 2.72. The third-order valence-corrected chi connectivity index (χ3v) is 2.61. The molecule has 0 rings (SSSR count). The molecule has 0 spiro atoms. The molecular weight excluding hydrogens is 347 g/mol. The zero-order valence-electron chi connectivity index (χ0n) is 14.0. The molecule has 0 aliphatic carbocycles. The van der Waals surface area contributed by atoms with Crippen LogP contribution in [0.25, 0.3) is 0 Å². The summed E-state index contributed by atoms with van der Waals surface area (Å²) in [6, 6.07) is -2.21. The van der Waals surface area contributed by atoms with Crippen LogP contribution in [-0.4, -0.2) is 66.0 Å². The summed E-state index contributed by atoms with van der Waals surface area (Å²) in [7, 11) is 0. The highest BCUT2D eigenvalue weighted by Gasteiger charge is 2.46. The van der Waals surface area contributed by atoms with Crippen molar-refractivity contribution in [2.45, 2.75) is 52.1 Å². The van der Waals surface area contributed by atoms with Crippen LogP contribution < -0.4 is 0 Å². The van der Waals surface area contributed by atoms with Crippen molar-refractivity contribution in [3.63, 3.8) is 0 Å². The van der Waals surface area contributed by atoms with Gasteiger partial charge in [0.1, 0.15) is 0 Å². The van der Waals surface area contributed by atoms with E-state index >= 15 is 0 Å². The van der Waals surface area contributed by atoms with Crippen molar-refractivity contribution in [2.24, 2.45) is 0 Å². The van der Waals surface area contributed by atoms with Gasteiger partial charge in [-0.05, 0) is 0 Å². The van der Waals surface area contributed by atoms with Crippen molar-refractivity contribution < 1.29 is 52.4 Å². The zero-order valence-corrected chi connectivity index (χ0v) is 14.0. The number of carbonyl (C=O) groups excluding carboxylic acids is 5. The van der Waals surface area contributed by atoms with Crippen LogP contribution in [0.2, 0.25) is 0 Å². The van der Waals surface area contributed by atoms with E-state index in [1.54, 1.807) is 0 Å². The van der Waals surface area contributed by atoms with Crippen LogP contribution in [0, 0.1) is 0 Å². The summed E-state index contributed by atoms with van der Waals surface area (Å²) >= 11 is 0. The van der Waals surface area contributed by atoms with E-state index in [4.69, 9.17) is 14.2 Å². The maximum Gasteiger partial charge on any atom is 0.345 e. The molecule has 0 aromatic carbocycles. The lowest BCUT2D eigenvalue weighted by molar-refractivity contribution is -0.203. The van der Waals surface area contributed by atoms with Gasteiger partial charge in [-0.2, -0.15) is 4.39 Å². The van der Waals surface area contributed by atoms with Gasteiger partial charge in [-0.25, -0.2) is 0 Å². The fraction of sp³-hybridized carbons (Fsp3) is 0.643. The second-order valence-corrected chi connectivity index (χ2v) is 4.81. The highest BCUT2D eigenvalue weighted by atomic mass is 19.1. The van der Waals surface area contributed by atoms with E-state index in [9.17, 15) is 33.5 Å². The molecule has 11 heteroatoms. The lowest BCUT2D eigenvalue weighted by Gasteiger charge is -2.33. The minimum absolute atomic E-state index is 0.858. The molecule has 0 bridgehead atoms. The number of rotatable bonds is 9. The molecule has 0 radical (unpaired) electrons. The van der Waals surface area contributed by atoms with Crippen molar-refractivity contribution in [1.82, 2.24) is 0 Å². The molecule has 0 amide bonds. The zero-order chi connectivity index (χ0) is 19.7. The molecule has 0 saturated heterocycles. The van der Waals surface area contributed by atoms with Crippen molar-refractivity contribution >= 4 is 29.9 Å². The fourth-order valence-electron chi connectivity index (χ4n) is 1.88. The molecule has 0 heterocycles. The van der Waals surface area contributed by atoms with Crippen molar-refractivity contribution in [2.75, 3.05) is 6.61 Å². The topological polar surface area (TPSA) is 142 Å². The van der Waals surface area contributed by atoms with E-state index in [1.165, 1.54) is 0 Å². The van der Waals surface area contributed by atoms with Gasteiger partial charge in [-0.15, -0.1) is 0 Å². The Morgan fingerprint density at radius 2 is 1.16 bits per heavy atom. The Labute approximate surface area is 142 Å². The number of esters is 4. The van der Waals surface area contributed by atoms with Gasteiger partial charge in [0, 0.05) is 27.7 Å². The molecule has 0 fully saturated rings. The molecule has 0 aliphatic heterocycles. The first kappa shape index (κ1) is 22.4. The molecule has 4 atom stereocenters. The van der Waals surface area contributed by atoms with Gasteiger partial charge in [0.25, 0.3) is 0 Å². The van der Waals surface area contributed by atoms with Gasteiger partial charge < -0.3 is 24.1 Å². The monoisotopic (exact) mass is 366 g/mol. The van der Waals surface area contributed by atoms with Gasteiger partial charge in [-0.1, -0.05) is 0 Å². The van der Waals surface area contributed by atoms with Crippen LogP contribution in [0.15, 0.2) is 0 Å². The second kappa shape index (κ2) is 10.3. The second-order valence-electron chi connectivity index (χ2n) is 4.81. The Morgan fingerprint density at radius 1 is 0.760 bits per heavy atom. The first-order valence-corrected chi connectivity index (χ1v) is 6.98. The molecule has 10 nitrogen and oxygen atoms in total. The Bertz CT molecular complexity index is 532. The van der Waals surface area contributed by atoms with E-state index in [0.29, 0.717) is 0 Å². The van der Waals surface area contributed by atoms with E-state index in [1.807, 2.05) is 0 Å². The number of hydrogen-bond donors (Lipinski definition) is 1. The fourth-order valence-corrected chi connectivity index (χ4v) is 1.88. The van der Waals surface area contributed by atoms with E-state index in [2.05, 4.69) is 4.74 Å². The molecule has 25 heavy (non-hydrogen) atoms. The van der Waals surface area contributed by atoms with Crippen LogP contribution in [0.4, 0.5) is 4.39 Å². The number of carbonyl (C=O) groups is 5. The maximum absolute atomic E-state index is 13.3. The molecule has 0 aromatic heterocycles. The Hall–Kier alpha value is -2.56.